The Morgan fingerprint density at radius 3 is 2.73 bits per heavy atom. The Balaban J connectivity index is 0.00000112. The highest BCUT2D eigenvalue weighted by molar-refractivity contribution is 9.10. The lowest BCUT2D eigenvalue weighted by Gasteiger charge is -1.98. The first-order chi connectivity index (χ1) is 6.66. The minimum atomic E-state index is -0.964. The first-order valence-electron chi connectivity index (χ1n) is 3.82. The summed E-state index contributed by atoms with van der Waals surface area (Å²) in [6.07, 6.45) is 1.57. The molecule has 0 aliphatic rings. The van der Waals surface area contributed by atoms with E-state index in [0.29, 0.717) is 15.6 Å². The van der Waals surface area contributed by atoms with Crippen molar-refractivity contribution in [3.8, 4) is 0 Å². The largest absolute Gasteiger partial charge is 0.478 e. The number of rotatable bonds is 1. The minimum absolute atomic E-state index is 0. The molecule has 0 radical (unpaired) electrons. The first kappa shape index (κ1) is 12.1. The summed E-state index contributed by atoms with van der Waals surface area (Å²) in [6.45, 7) is 0. The van der Waals surface area contributed by atoms with Gasteiger partial charge in [-0.25, -0.2) is 9.78 Å². The smallest absolute Gasteiger partial charge is 0.335 e. The van der Waals surface area contributed by atoms with Crippen molar-refractivity contribution in [3.05, 3.63) is 34.6 Å². The molecule has 0 aliphatic carbocycles. The summed E-state index contributed by atoms with van der Waals surface area (Å²) in [5.74, 6) is -0.964. The number of halogens is 2. The lowest BCUT2D eigenvalue weighted by Crippen LogP contribution is -1.96. The Morgan fingerprint density at radius 2 is 2.07 bits per heavy atom. The molecule has 2 aromatic rings. The molecule has 0 saturated carbocycles. The molecule has 0 unspecified atom stereocenters. The van der Waals surface area contributed by atoms with Gasteiger partial charge in [0.25, 0.3) is 0 Å². The summed E-state index contributed by atoms with van der Waals surface area (Å²) >= 11 is 3.17. The summed E-state index contributed by atoms with van der Waals surface area (Å²) in [5.41, 5.74) is 1.46. The average Bonchev–Trinajstić information content (AvgIpc) is 2.16. The van der Waals surface area contributed by atoms with Crippen LogP contribution >= 0.6 is 32.9 Å². The van der Waals surface area contributed by atoms with Crippen LogP contribution in [0.3, 0.4) is 0 Å². The summed E-state index contributed by atoms with van der Waals surface area (Å²) in [6, 6.07) is 4.64. The number of nitrogens with zero attached hydrogens (tertiary/aromatic N) is 2. The average molecular weight is 334 g/mol. The van der Waals surface area contributed by atoms with Crippen LogP contribution in [0.4, 0.5) is 0 Å². The molecule has 1 N–H and O–H groups in total. The fourth-order valence-electron chi connectivity index (χ4n) is 1.12. The van der Waals surface area contributed by atoms with Gasteiger partial charge in [0.2, 0.25) is 0 Å². The fraction of sp³-hybridized carbons (Fsp3) is 0. The number of hydrogen-bond donors (Lipinski definition) is 1. The van der Waals surface area contributed by atoms with E-state index in [1.165, 1.54) is 12.1 Å². The van der Waals surface area contributed by atoms with Crippen LogP contribution in [0.25, 0.3) is 11.0 Å². The van der Waals surface area contributed by atoms with E-state index in [2.05, 4.69) is 25.9 Å². The van der Waals surface area contributed by atoms with E-state index >= 15 is 0 Å². The molecule has 1 aromatic carbocycles. The number of benzene rings is 1. The van der Waals surface area contributed by atoms with Gasteiger partial charge in [-0.15, -0.1) is 17.0 Å². The number of carboxylic acid groups (broad SMARTS) is 1. The van der Waals surface area contributed by atoms with Crippen LogP contribution in [-0.2, 0) is 0 Å². The molecular formula is C9H6Br2N2O2. The maximum atomic E-state index is 10.7. The van der Waals surface area contributed by atoms with Gasteiger partial charge in [-0.1, -0.05) is 0 Å². The number of carbonyl (C=O) groups is 1. The van der Waals surface area contributed by atoms with Gasteiger partial charge in [0.1, 0.15) is 4.60 Å². The number of carboxylic acids is 1. The first-order valence-corrected chi connectivity index (χ1v) is 4.62. The van der Waals surface area contributed by atoms with Crippen LogP contribution in [0.5, 0.6) is 0 Å². The highest BCUT2D eigenvalue weighted by Gasteiger charge is 2.04. The molecule has 2 rings (SSSR count). The molecule has 0 saturated heterocycles. The second-order valence-corrected chi connectivity index (χ2v) is 3.51. The van der Waals surface area contributed by atoms with Crippen LogP contribution in [0.2, 0.25) is 0 Å². The van der Waals surface area contributed by atoms with Gasteiger partial charge in [-0.05, 0) is 34.1 Å². The van der Waals surface area contributed by atoms with E-state index < -0.39 is 5.97 Å². The zero-order chi connectivity index (χ0) is 10.1. The van der Waals surface area contributed by atoms with Crippen molar-refractivity contribution in [2.45, 2.75) is 0 Å². The quantitative estimate of drug-likeness (QED) is 0.871. The van der Waals surface area contributed by atoms with Crippen LogP contribution in [-0.4, -0.2) is 21.0 Å². The van der Waals surface area contributed by atoms with Crippen LogP contribution < -0.4 is 0 Å². The summed E-state index contributed by atoms with van der Waals surface area (Å²) in [7, 11) is 0. The molecule has 0 fully saturated rings. The van der Waals surface area contributed by atoms with Crippen molar-refractivity contribution < 1.29 is 9.90 Å². The standard InChI is InChI=1S/C9H5BrN2O2.BrH/c10-8-4-11-6-2-1-5(9(13)14)3-7(6)12-8;/h1-4H,(H,13,14);1H. The zero-order valence-corrected chi connectivity index (χ0v) is 10.6. The minimum Gasteiger partial charge on any atom is -0.478 e. The predicted octanol–water partition coefficient (Wildman–Crippen LogP) is 2.67. The molecule has 4 nitrogen and oxygen atoms in total. The molecule has 0 atom stereocenters. The Kier molecular flexibility index (Phi) is 3.76. The lowest BCUT2D eigenvalue weighted by molar-refractivity contribution is 0.0697. The number of aromatic carboxylic acids is 1. The maximum absolute atomic E-state index is 10.7. The third kappa shape index (κ3) is 2.51. The fourth-order valence-corrected chi connectivity index (χ4v) is 1.42. The van der Waals surface area contributed by atoms with Gasteiger partial charge in [0.15, 0.2) is 0 Å². The molecule has 0 aliphatic heterocycles. The van der Waals surface area contributed by atoms with Crippen molar-refractivity contribution in [1.82, 2.24) is 9.97 Å². The van der Waals surface area contributed by atoms with Crippen LogP contribution in [0, 0.1) is 0 Å². The van der Waals surface area contributed by atoms with Gasteiger partial charge in [0.05, 0.1) is 22.8 Å². The monoisotopic (exact) mass is 332 g/mol. The van der Waals surface area contributed by atoms with Crippen LogP contribution in [0.15, 0.2) is 29.0 Å². The van der Waals surface area contributed by atoms with Gasteiger partial charge in [-0.2, -0.15) is 0 Å². The van der Waals surface area contributed by atoms with Crippen molar-refractivity contribution >= 4 is 49.9 Å². The second kappa shape index (κ2) is 4.67. The number of aromatic nitrogens is 2. The van der Waals surface area contributed by atoms with Crippen LogP contribution in [0.1, 0.15) is 10.4 Å². The SMILES string of the molecule is Br.O=C(O)c1ccc2ncc(Br)nc2c1. The summed E-state index contributed by atoms with van der Waals surface area (Å²) in [4.78, 5) is 18.9. The van der Waals surface area contributed by atoms with E-state index in [-0.39, 0.29) is 22.5 Å². The third-order valence-corrected chi connectivity index (χ3v) is 2.14. The molecule has 0 spiro atoms. The molecule has 6 heteroatoms. The van der Waals surface area contributed by atoms with Crippen molar-refractivity contribution in [2.75, 3.05) is 0 Å². The summed E-state index contributed by atoms with van der Waals surface area (Å²) < 4.78 is 0.590. The van der Waals surface area contributed by atoms with Gasteiger partial charge in [0, 0.05) is 0 Å². The van der Waals surface area contributed by atoms with Crippen molar-refractivity contribution in [1.29, 1.82) is 0 Å². The Hall–Kier alpha value is -1.01. The van der Waals surface area contributed by atoms with E-state index in [0.717, 1.165) is 0 Å². The molecule has 0 bridgehead atoms. The van der Waals surface area contributed by atoms with E-state index in [4.69, 9.17) is 5.11 Å². The Morgan fingerprint density at radius 1 is 1.33 bits per heavy atom. The normalized spacial score (nSPS) is 9.67. The van der Waals surface area contributed by atoms with Gasteiger partial charge < -0.3 is 5.11 Å². The molecule has 1 aromatic heterocycles. The second-order valence-electron chi connectivity index (χ2n) is 2.70. The molecule has 78 valence electrons. The van der Waals surface area contributed by atoms with Gasteiger partial charge >= 0.3 is 5.97 Å². The van der Waals surface area contributed by atoms with E-state index in [1.807, 2.05) is 0 Å². The Bertz CT molecular complexity index is 516. The summed E-state index contributed by atoms with van der Waals surface area (Å²) in [5, 5.41) is 8.75. The topological polar surface area (TPSA) is 63.1 Å². The van der Waals surface area contributed by atoms with Crippen molar-refractivity contribution in [3.63, 3.8) is 0 Å². The van der Waals surface area contributed by atoms with E-state index in [9.17, 15) is 4.79 Å². The maximum Gasteiger partial charge on any atom is 0.335 e. The zero-order valence-electron chi connectivity index (χ0n) is 7.35. The van der Waals surface area contributed by atoms with E-state index in [1.54, 1.807) is 12.3 Å². The molecule has 0 amide bonds. The molecule has 1 heterocycles. The van der Waals surface area contributed by atoms with Gasteiger partial charge in [-0.3, -0.25) is 4.98 Å². The van der Waals surface area contributed by atoms with Crippen molar-refractivity contribution in [2.24, 2.45) is 0 Å². The molecular weight excluding hydrogens is 328 g/mol. The number of fused-ring (bicyclic) bond motifs is 1. The molecule has 15 heavy (non-hydrogen) atoms. The lowest BCUT2D eigenvalue weighted by atomic mass is 10.2. The highest BCUT2D eigenvalue weighted by atomic mass is 79.9. The third-order valence-electron chi connectivity index (χ3n) is 1.76. The predicted molar refractivity (Wildman–Crippen MR) is 64.5 cm³/mol. The highest BCUT2D eigenvalue weighted by Crippen LogP contribution is 2.14. The Labute approximate surface area is 104 Å². The number of hydrogen-bond acceptors (Lipinski definition) is 3.